The van der Waals surface area contributed by atoms with Crippen LogP contribution in [-0.2, 0) is 4.74 Å². The van der Waals surface area contributed by atoms with Gasteiger partial charge in [0.05, 0.1) is 25.1 Å². The van der Waals surface area contributed by atoms with E-state index in [1.807, 2.05) is 73.7 Å². The smallest absolute Gasteiger partial charge is 0.404 e. The molecule has 0 bridgehead atoms. The van der Waals surface area contributed by atoms with Crippen molar-refractivity contribution in [2.24, 2.45) is 0 Å². The van der Waals surface area contributed by atoms with Gasteiger partial charge in [-0.2, -0.15) is 5.10 Å². The molecule has 8 nitrogen and oxygen atoms in total. The third-order valence-electron chi connectivity index (χ3n) is 5.83. The average molecular weight is 536 g/mol. The Bertz CT molecular complexity index is 1370. The largest absolute Gasteiger partial charge is 1.00 e. The first-order valence-electron chi connectivity index (χ1n) is 12.4. The van der Waals surface area contributed by atoms with Crippen LogP contribution in [0.4, 0.5) is 5.69 Å². The minimum atomic E-state index is -0.296. The third kappa shape index (κ3) is 7.46. The number of hydrogen-bond donors (Lipinski definition) is 1. The van der Waals surface area contributed by atoms with E-state index in [1.165, 1.54) is 10.9 Å². The van der Waals surface area contributed by atoms with Gasteiger partial charge < -0.3 is 29.5 Å². The quantitative estimate of drug-likeness (QED) is 0.252. The maximum atomic E-state index is 13.3. The number of aromatic nitrogens is 4. The molecular formula is C29H32KN6O2-. The minimum Gasteiger partial charge on any atom is -0.404 e. The van der Waals surface area contributed by atoms with E-state index in [9.17, 15) is 4.79 Å². The fourth-order valence-electron chi connectivity index (χ4n) is 3.98. The molecule has 2 aromatic heterocycles. The van der Waals surface area contributed by atoms with Gasteiger partial charge in [-0.15, -0.1) is 12.1 Å². The SMILES string of the molecule is C\C=C/C(=C\C=C\CC)c1c[c-]n(/C(=C\[CH-]n2ncc(N)c(-c3ccccc3)c2=O)N2CCOCC2)n1.[K+]. The van der Waals surface area contributed by atoms with Crippen molar-refractivity contribution >= 4 is 17.1 Å². The fourth-order valence-corrected chi connectivity index (χ4v) is 3.98. The van der Waals surface area contributed by atoms with Gasteiger partial charge in [-0.05, 0) is 24.6 Å². The second kappa shape index (κ2) is 15.1. The standard InChI is InChI=1S/C29H32N6O2.K/c1-3-5-7-11-23(10-4-2)26-14-16-34(32-26)27(33-18-20-37-21-19-33)15-17-35-29(36)28(25(30)22-31-35)24-12-8-6-9-13-24;/h4-15,17,22H,3,18-21,30H2,1-2H3;/q-2;+1/b7-5+,10-4-,23-11+,27-15-;. The minimum absolute atomic E-state index is 0. The van der Waals surface area contributed by atoms with Crippen LogP contribution < -0.4 is 62.7 Å². The Morgan fingerprint density at radius 1 is 1.24 bits per heavy atom. The summed E-state index contributed by atoms with van der Waals surface area (Å²) >= 11 is 0. The van der Waals surface area contributed by atoms with Crippen LogP contribution in [0.2, 0.25) is 0 Å². The van der Waals surface area contributed by atoms with Crippen LogP contribution in [0.1, 0.15) is 26.0 Å². The van der Waals surface area contributed by atoms with Crippen LogP contribution in [0.5, 0.6) is 0 Å². The van der Waals surface area contributed by atoms with Gasteiger partial charge in [0, 0.05) is 24.5 Å². The summed E-state index contributed by atoms with van der Waals surface area (Å²) in [7, 11) is 0. The van der Waals surface area contributed by atoms with E-state index in [2.05, 4.69) is 29.2 Å². The molecule has 38 heavy (non-hydrogen) atoms. The number of benzene rings is 1. The second-order valence-corrected chi connectivity index (χ2v) is 8.39. The van der Waals surface area contributed by atoms with Crippen LogP contribution in [0, 0.1) is 12.7 Å². The van der Waals surface area contributed by atoms with E-state index in [1.54, 1.807) is 11.2 Å². The van der Waals surface area contributed by atoms with E-state index in [0.29, 0.717) is 37.6 Å². The van der Waals surface area contributed by atoms with Crippen LogP contribution in [0.25, 0.3) is 22.5 Å². The number of anilines is 1. The molecule has 1 aliphatic heterocycles. The Morgan fingerprint density at radius 3 is 2.71 bits per heavy atom. The first-order valence-corrected chi connectivity index (χ1v) is 12.4. The number of rotatable bonds is 9. The fraction of sp³-hybridized carbons (Fsp3) is 0.241. The molecule has 0 saturated carbocycles. The van der Waals surface area contributed by atoms with Crippen molar-refractivity contribution in [2.45, 2.75) is 20.3 Å². The first kappa shape index (κ1) is 29.9. The maximum absolute atomic E-state index is 13.3. The normalized spacial score (nSPS) is 14.7. The second-order valence-electron chi connectivity index (χ2n) is 8.39. The number of allylic oxidation sites excluding steroid dienone is 7. The zero-order chi connectivity index (χ0) is 26.0. The van der Waals surface area contributed by atoms with Gasteiger partial charge in [-0.3, -0.25) is 5.10 Å². The van der Waals surface area contributed by atoms with Crippen LogP contribution in [0.3, 0.4) is 0 Å². The molecule has 3 aromatic rings. The summed E-state index contributed by atoms with van der Waals surface area (Å²) in [5.41, 5.74) is 9.11. The molecule has 4 rings (SSSR count). The van der Waals surface area contributed by atoms with Crippen molar-refractivity contribution in [1.29, 1.82) is 0 Å². The van der Waals surface area contributed by atoms with Crippen LogP contribution in [-0.4, -0.2) is 50.8 Å². The molecule has 0 radical (unpaired) electrons. The summed E-state index contributed by atoms with van der Waals surface area (Å²) < 4.78 is 8.55. The van der Waals surface area contributed by atoms with Gasteiger partial charge in [0.25, 0.3) is 0 Å². The molecule has 192 valence electrons. The molecule has 0 amide bonds. The molecule has 1 aromatic carbocycles. The summed E-state index contributed by atoms with van der Waals surface area (Å²) in [5.74, 6) is 0.769. The Balaban J connectivity index is 0.00000400. The maximum Gasteiger partial charge on any atom is 1.00 e. The number of hydrogen-bond acceptors (Lipinski definition) is 6. The van der Waals surface area contributed by atoms with E-state index in [0.717, 1.165) is 29.1 Å². The van der Waals surface area contributed by atoms with Gasteiger partial charge in [-0.1, -0.05) is 86.0 Å². The molecule has 0 aliphatic carbocycles. The summed E-state index contributed by atoms with van der Waals surface area (Å²) in [6, 6.07) is 11.2. The number of nitrogens with zero attached hydrogens (tertiary/aromatic N) is 5. The van der Waals surface area contributed by atoms with E-state index < -0.39 is 0 Å². The first-order chi connectivity index (χ1) is 18.1. The zero-order valence-corrected chi connectivity index (χ0v) is 25.4. The van der Waals surface area contributed by atoms with Gasteiger partial charge >= 0.3 is 51.4 Å². The van der Waals surface area contributed by atoms with Gasteiger partial charge in [0.1, 0.15) is 0 Å². The monoisotopic (exact) mass is 535 g/mol. The topological polar surface area (TPSA) is 91.2 Å². The summed E-state index contributed by atoms with van der Waals surface area (Å²) in [6.45, 7) is 8.32. The summed E-state index contributed by atoms with van der Waals surface area (Å²) in [4.78, 5) is 15.4. The van der Waals surface area contributed by atoms with Crippen molar-refractivity contribution in [3.63, 3.8) is 0 Å². The average Bonchev–Trinajstić information content (AvgIpc) is 3.41. The van der Waals surface area contributed by atoms with Crippen LogP contribution >= 0.6 is 0 Å². The zero-order valence-electron chi connectivity index (χ0n) is 22.2. The predicted molar refractivity (Wildman–Crippen MR) is 148 cm³/mol. The molecule has 9 heteroatoms. The van der Waals surface area contributed by atoms with E-state index in [-0.39, 0.29) is 56.9 Å². The molecule has 0 atom stereocenters. The Labute approximate surface area is 266 Å². The summed E-state index contributed by atoms with van der Waals surface area (Å²) in [5, 5.41) is 9.05. The van der Waals surface area contributed by atoms with Gasteiger partial charge in [-0.25, -0.2) is 0 Å². The molecule has 1 fully saturated rings. The molecule has 1 saturated heterocycles. The van der Waals surface area contributed by atoms with Crippen molar-refractivity contribution in [3.05, 3.63) is 108 Å². The molecule has 0 unspecified atom stereocenters. The van der Waals surface area contributed by atoms with Crippen molar-refractivity contribution in [3.8, 4) is 11.1 Å². The van der Waals surface area contributed by atoms with Crippen molar-refractivity contribution < 1.29 is 56.1 Å². The summed E-state index contributed by atoms with van der Waals surface area (Å²) in [6.07, 6.45) is 17.7. The Morgan fingerprint density at radius 2 is 2.00 bits per heavy atom. The van der Waals surface area contributed by atoms with E-state index >= 15 is 0 Å². The molecule has 2 N–H and O–H groups in total. The number of morpholine rings is 1. The molecule has 3 heterocycles. The molecule has 0 spiro atoms. The van der Waals surface area contributed by atoms with Crippen LogP contribution in [0.15, 0.2) is 83.8 Å². The van der Waals surface area contributed by atoms with Gasteiger partial charge in [0.2, 0.25) is 0 Å². The number of nitrogen functional groups attached to an aromatic ring is 1. The van der Waals surface area contributed by atoms with Gasteiger partial charge in [0.15, 0.2) is 5.56 Å². The van der Waals surface area contributed by atoms with Crippen molar-refractivity contribution in [1.82, 2.24) is 24.5 Å². The third-order valence-corrected chi connectivity index (χ3v) is 5.83. The van der Waals surface area contributed by atoms with Crippen molar-refractivity contribution in [2.75, 3.05) is 32.0 Å². The predicted octanol–water partition coefficient (Wildman–Crippen LogP) is 1.26. The van der Waals surface area contributed by atoms with E-state index in [4.69, 9.17) is 15.6 Å². The number of ether oxygens (including phenoxy) is 1. The number of nitrogens with two attached hydrogens (primary N) is 1. The Kier molecular flexibility index (Phi) is 11.8. The molecular weight excluding hydrogens is 503 g/mol. The Hall–Kier alpha value is -2.66. The molecule has 1 aliphatic rings.